The van der Waals surface area contributed by atoms with Gasteiger partial charge in [-0.1, -0.05) is 30.8 Å². The summed E-state index contributed by atoms with van der Waals surface area (Å²) in [6.45, 7) is 4.08. The Morgan fingerprint density at radius 1 is 1.15 bits per heavy atom. The van der Waals surface area contributed by atoms with Gasteiger partial charge in [-0.15, -0.1) is 11.3 Å². The van der Waals surface area contributed by atoms with E-state index in [1.54, 1.807) is 42.5 Å². The van der Waals surface area contributed by atoms with Crippen LogP contribution in [0.3, 0.4) is 0 Å². The maximum Gasteiger partial charge on any atom is 0.338 e. The van der Waals surface area contributed by atoms with Crippen LogP contribution in [0.5, 0.6) is 0 Å². The number of thioether (sulfide) groups is 1. The molecule has 140 valence electrons. The summed E-state index contributed by atoms with van der Waals surface area (Å²) in [6, 6.07) is 14.7. The highest BCUT2D eigenvalue weighted by molar-refractivity contribution is 8.02. The number of fused-ring (bicyclic) bond motifs is 1. The minimum Gasteiger partial charge on any atom is -0.462 e. The number of carbonyl (C=O) groups excluding carboxylic acids is 2. The van der Waals surface area contributed by atoms with E-state index in [0.29, 0.717) is 24.3 Å². The Balaban J connectivity index is 1.65. The normalized spacial score (nSPS) is 11.9. The molecule has 0 bridgehead atoms. The molecule has 0 aliphatic heterocycles. The molecule has 0 saturated heterocycles. The highest BCUT2D eigenvalue weighted by Gasteiger charge is 2.20. The van der Waals surface area contributed by atoms with Crippen molar-refractivity contribution in [3.63, 3.8) is 0 Å². The average Bonchev–Trinajstić information content (AvgIpc) is 3.09. The van der Waals surface area contributed by atoms with Gasteiger partial charge in [0.2, 0.25) is 5.91 Å². The van der Waals surface area contributed by atoms with Gasteiger partial charge in [-0.05, 0) is 49.7 Å². The summed E-state index contributed by atoms with van der Waals surface area (Å²) in [6.07, 6.45) is 0.688. The molecule has 0 aliphatic carbocycles. The van der Waals surface area contributed by atoms with Crippen LogP contribution >= 0.6 is 23.1 Å². The van der Waals surface area contributed by atoms with E-state index in [0.717, 1.165) is 14.6 Å². The molecule has 0 aliphatic rings. The maximum atomic E-state index is 12.6. The number of ether oxygens (including phenoxy) is 1. The van der Waals surface area contributed by atoms with Gasteiger partial charge in [0.1, 0.15) is 0 Å². The molecular formula is C20H20N2O3S2. The zero-order valence-electron chi connectivity index (χ0n) is 15.1. The van der Waals surface area contributed by atoms with Crippen molar-refractivity contribution in [1.82, 2.24) is 4.98 Å². The van der Waals surface area contributed by atoms with Gasteiger partial charge in [0, 0.05) is 5.69 Å². The van der Waals surface area contributed by atoms with Crippen molar-refractivity contribution in [1.29, 1.82) is 0 Å². The fourth-order valence-electron chi connectivity index (χ4n) is 2.47. The third kappa shape index (κ3) is 4.87. The number of hydrogen-bond acceptors (Lipinski definition) is 6. The molecule has 27 heavy (non-hydrogen) atoms. The molecule has 7 heteroatoms. The number of thiazole rings is 1. The Hall–Kier alpha value is -2.38. The van der Waals surface area contributed by atoms with Crippen LogP contribution in [0, 0.1) is 0 Å². The number of nitrogens with zero attached hydrogens (tertiary/aromatic N) is 1. The van der Waals surface area contributed by atoms with Crippen molar-refractivity contribution in [2.75, 3.05) is 11.9 Å². The average molecular weight is 401 g/mol. The van der Waals surface area contributed by atoms with Crippen LogP contribution < -0.4 is 5.32 Å². The fraction of sp³-hybridized carbons (Fsp3) is 0.250. The Kier molecular flexibility index (Phi) is 6.47. The summed E-state index contributed by atoms with van der Waals surface area (Å²) < 4.78 is 6.96. The van der Waals surface area contributed by atoms with Crippen LogP contribution in [0.1, 0.15) is 30.6 Å². The van der Waals surface area contributed by atoms with Crippen molar-refractivity contribution in [2.24, 2.45) is 0 Å². The summed E-state index contributed by atoms with van der Waals surface area (Å²) in [5.74, 6) is -0.446. The summed E-state index contributed by atoms with van der Waals surface area (Å²) >= 11 is 3.07. The molecule has 0 fully saturated rings. The number of nitrogens with one attached hydrogen (secondary N) is 1. The first-order valence-corrected chi connectivity index (χ1v) is 10.4. The van der Waals surface area contributed by atoms with Crippen molar-refractivity contribution < 1.29 is 14.3 Å². The fourth-order valence-corrected chi connectivity index (χ4v) is 4.71. The lowest BCUT2D eigenvalue weighted by molar-refractivity contribution is -0.115. The Morgan fingerprint density at radius 3 is 2.56 bits per heavy atom. The second-order valence-electron chi connectivity index (χ2n) is 5.75. The molecule has 2 aromatic carbocycles. The third-order valence-corrected chi connectivity index (χ3v) is 6.34. The molecule has 0 saturated carbocycles. The Bertz CT molecular complexity index is 905. The van der Waals surface area contributed by atoms with E-state index < -0.39 is 0 Å². The molecule has 5 nitrogen and oxygen atoms in total. The number of amides is 1. The van der Waals surface area contributed by atoms with Crippen molar-refractivity contribution in [2.45, 2.75) is 29.9 Å². The monoisotopic (exact) mass is 400 g/mol. The highest BCUT2D eigenvalue weighted by atomic mass is 32.2. The number of esters is 1. The zero-order valence-corrected chi connectivity index (χ0v) is 16.7. The van der Waals surface area contributed by atoms with E-state index in [4.69, 9.17) is 4.74 Å². The van der Waals surface area contributed by atoms with Gasteiger partial charge >= 0.3 is 5.97 Å². The van der Waals surface area contributed by atoms with Crippen LogP contribution in [0.15, 0.2) is 52.9 Å². The number of hydrogen-bond donors (Lipinski definition) is 1. The van der Waals surface area contributed by atoms with Crippen molar-refractivity contribution in [3.8, 4) is 0 Å². The molecular weight excluding hydrogens is 380 g/mol. The predicted octanol–water partition coefficient (Wildman–Crippen LogP) is 4.98. The molecule has 0 spiro atoms. The molecule has 1 N–H and O–H groups in total. The molecule has 1 heterocycles. The van der Waals surface area contributed by atoms with Crippen LogP contribution in [0.2, 0.25) is 0 Å². The van der Waals surface area contributed by atoms with Crippen LogP contribution in [-0.4, -0.2) is 28.7 Å². The van der Waals surface area contributed by atoms with Crippen molar-refractivity contribution in [3.05, 3.63) is 54.1 Å². The number of aromatic nitrogens is 1. The molecule has 3 rings (SSSR count). The number of para-hydroxylation sites is 1. The summed E-state index contributed by atoms with van der Waals surface area (Å²) in [4.78, 5) is 28.9. The van der Waals surface area contributed by atoms with Crippen LogP contribution in [-0.2, 0) is 9.53 Å². The van der Waals surface area contributed by atoms with Crippen molar-refractivity contribution >= 4 is 50.9 Å². The van der Waals surface area contributed by atoms with Crippen LogP contribution in [0.25, 0.3) is 10.2 Å². The maximum absolute atomic E-state index is 12.6. The van der Waals surface area contributed by atoms with E-state index in [2.05, 4.69) is 10.3 Å². The predicted molar refractivity (Wildman–Crippen MR) is 111 cm³/mol. The standard InChI is InChI=1S/C20H20N2O3S2/c1-3-16(26-20-22-15-7-5-6-8-17(15)27-20)18(23)21-14-11-9-13(10-12-14)19(24)25-4-2/h5-12,16H,3-4H2,1-2H3,(H,21,23)/t16-/m0/s1. The number of benzene rings is 2. The van der Waals surface area contributed by atoms with Gasteiger partial charge in [0.25, 0.3) is 0 Å². The van der Waals surface area contributed by atoms with Gasteiger partial charge in [-0.25, -0.2) is 9.78 Å². The smallest absolute Gasteiger partial charge is 0.338 e. The lowest BCUT2D eigenvalue weighted by Crippen LogP contribution is -2.24. The van der Waals surface area contributed by atoms with E-state index in [9.17, 15) is 9.59 Å². The van der Waals surface area contributed by atoms with E-state index in [1.165, 1.54) is 11.8 Å². The van der Waals surface area contributed by atoms with Crippen LogP contribution in [0.4, 0.5) is 5.69 Å². The van der Waals surface area contributed by atoms with Gasteiger partial charge < -0.3 is 10.1 Å². The quantitative estimate of drug-likeness (QED) is 0.447. The molecule has 0 unspecified atom stereocenters. The topological polar surface area (TPSA) is 68.3 Å². The molecule has 1 amide bonds. The third-order valence-electron chi connectivity index (χ3n) is 3.84. The summed E-state index contributed by atoms with van der Waals surface area (Å²) in [5, 5.41) is 2.67. The van der Waals surface area contributed by atoms with Gasteiger partial charge in [-0.3, -0.25) is 4.79 Å². The first kappa shape index (κ1) is 19.4. The Labute approximate surface area is 166 Å². The van der Waals surface area contributed by atoms with E-state index in [-0.39, 0.29) is 17.1 Å². The number of anilines is 1. The van der Waals surface area contributed by atoms with Gasteiger partial charge in [0.05, 0.1) is 27.6 Å². The number of rotatable bonds is 7. The Morgan fingerprint density at radius 2 is 1.89 bits per heavy atom. The lowest BCUT2D eigenvalue weighted by atomic mass is 10.2. The molecule has 1 atom stereocenters. The van der Waals surface area contributed by atoms with Gasteiger partial charge in [0.15, 0.2) is 4.34 Å². The van der Waals surface area contributed by atoms with E-state index >= 15 is 0 Å². The summed E-state index contributed by atoms with van der Waals surface area (Å²) in [5.41, 5.74) is 2.07. The number of carbonyl (C=O) groups is 2. The SMILES string of the molecule is CCOC(=O)c1ccc(NC(=O)[C@H](CC)Sc2nc3ccccc3s2)cc1. The minimum absolute atomic E-state index is 0.0781. The first-order valence-electron chi connectivity index (χ1n) is 8.71. The largest absolute Gasteiger partial charge is 0.462 e. The zero-order chi connectivity index (χ0) is 19.2. The molecule has 3 aromatic rings. The molecule has 0 radical (unpaired) electrons. The highest BCUT2D eigenvalue weighted by Crippen LogP contribution is 2.33. The summed E-state index contributed by atoms with van der Waals surface area (Å²) in [7, 11) is 0. The van der Waals surface area contributed by atoms with Gasteiger partial charge in [-0.2, -0.15) is 0 Å². The second-order valence-corrected chi connectivity index (χ2v) is 8.23. The molecule has 1 aromatic heterocycles. The second kappa shape index (κ2) is 9.01. The lowest BCUT2D eigenvalue weighted by Gasteiger charge is -2.13. The minimum atomic E-state index is -0.367. The van der Waals surface area contributed by atoms with E-state index in [1.807, 2.05) is 31.2 Å². The first-order chi connectivity index (χ1) is 13.1.